The van der Waals surface area contributed by atoms with Gasteiger partial charge >= 0.3 is 0 Å². The van der Waals surface area contributed by atoms with E-state index in [0.717, 1.165) is 32.7 Å². The van der Waals surface area contributed by atoms with Crippen molar-refractivity contribution >= 4 is 0 Å². The van der Waals surface area contributed by atoms with Crippen LogP contribution in [0.2, 0.25) is 0 Å². The summed E-state index contributed by atoms with van der Waals surface area (Å²) in [5.74, 6) is 0. The molecule has 1 saturated heterocycles. The van der Waals surface area contributed by atoms with Crippen molar-refractivity contribution in [3.05, 3.63) is 35.4 Å². The second-order valence-corrected chi connectivity index (χ2v) is 4.73. The van der Waals surface area contributed by atoms with Crippen LogP contribution in [0.15, 0.2) is 24.3 Å². The van der Waals surface area contributed by atoms with Crippen molar-refractivity contribution in [1.29, 1.82) is 0 Å². The van der Waals surface area contributed by atoms with Crippen molar-refractivity contribution in [2.24, 2.45) is 5.73 Å². The number of nitrogens with zero attached hydrogens (tertiary/aromatic N) is 1. The number of morpholine rings is 1. The fourth-order valence-electron chi connectivity index (χ4n) is 2.30. The number of aryl methyl sites for hydroxylation is 1. The average molecular weight is 234 g/mol. The molecule has 3 heteroatoms. The monoisotopic (exact) mass is 234 g/mol. The Morgan fingerprint density at radius 2 is 1.88 bits per heavy atom. The molecule has 2 N–H and O–H groups in total. The molecule has 0 saturated carbocycles. The maximum Gasteiger partial charge on any atom is 0.0594 e. The zero-order valence-electron chi connectivity index (χ0n) is 10.6. The topological polar surface area (TPSA) is 38.5 Å². The van der Waals surface area contributed by atoms with Gasteiger partial charge in [-0.3, -0.25) is 4.90 Å². The van der Waals surface area contributed by atoms with E-state index < -0.39 is 0 Å². The van der Waals surface area contributed by atoms with Crippen molar-refractivity contribution in [3.63, 3.8) is 0 Å². The summed E-state index contributed by atoms with van der Waals surface area (Å²) in [4.78, 5) is 2.45. The second kappa shape index (κ2) is 6.15. The largest absolute Gasteiger partial charge is 0.379 e. The van der Waals surface area contributed by atoms with Crippen LogP contribution in [0.5, 0.6) is 0 Å². The minimum atomic E-state index is 0.446. The zero-order valence-corrected chi connectivity index (χ0v) is 10.6. The summed E-state index contributed by atoms with van der Waals surface area (Å²) in [7, 11) is 0. The van der Waals surface area contributed by atoms with Crippen LogP contribution in [0, 0.1) is 6.92 Å². The molecule has 0 bridgehead atoms. The zero-order chi connectivity index (χ0) is 12.1. The van der Waals surface area contributed by atoms with Gasteiger partial charge in [0.1, 0.15) is 0 Å². The lowest BCUT2D eigenvalue weighted by Crippen LogP contribution is -2.47. The first-order chi connectivity index (χ1) is 8.29. The van der Waals surface area contributed by atoms with Crippen molar-refractivity contribution in [2.45, 2.75) is 19.4 Å². The van der Waals surface area contributed by atoms with Crippen LogP contribution in [0.3, 0.4) is 0 Å². The summed E-state index contributed by atoms with van der Waals surface area (Å²) in [5.41, 5.74) is 8.58. The van der Waals surface area contributed by atoms with Gasteiger partial charge in [-0.15, -0.1) is 0 Å². The van der Waals surface area contributed by atoms with Gasteiger partial charge in [-0.1, -0.05) is 29.8 Å². The van der Waals surface area contributed by atoms with Gasteiger partial charge in [0.15, 0.2) is 0 Å². The van der Waals surface area contributed by atoms with E-state index in [-0.39, 0.29) is 0 Å². The van der Waals surface area contributed by atoms with E-state index in [1.807, 2.05) is 0 Å². The predicted octanol–water partition coefficient (Wildman–Crippen LogP) is 1.20. The standard InChI is InChI=1S/C14H22N2O/c1-12-2-4-13(5-3-12)10-14(11-15)16-6-8-17-9-7-16/h2-5,14H,6-11,15H2,1H3. The predicted molar refractivity (Wildman–Crippen MR) is 70.1 cm³/mol. The lowest BCUT2D eigenvalue weighted by atomic mass is 10.0. The second-order valence-electron chi connectivity index (χ2n) is 4.73. The highest BCUT2D eigenvalue weighted by atomic mass is 16.5. The molecule has 1 atom stereocenters. The first kappa shape index (κ1) is 12.6. The Morgan fingerprint density at radius 1 is 1.24 bits per heavy atom. The number of hydrogen-bond donors (Lipinski definition) is 1. The summed E-state index contributed by atoms with van der Waals surface area (Å²) < 4.78 is 5.38. The molecule has 0 spiro atoms. The molecule has 1 aromatic carbocycles. The van der Waals surface area contributed by atoms with E-state index in [1.165, 1.54) is 11.1 Å². The van der Waals surface area contributed by atoms with E-state index in [4.69, 9.17) is 10.5 Å². The summed E-state index contributed by atoms with van der Waals surface area (Å²) in [6, 6.07) is 9.20. The van der Waals surface area contributed by atoms with E-state index in [9.17, 15) is 0 Å². The quantitative estimate of drug-likeness (QED) is 0.850. The average Bonchev–Trinajstić information content (AvgIpc) is 2.39. The summed E-state index contributed by atoms with van der Waals surface area (Å²) in [6.07, 6.45) is 1.04. The Bertz CT molecular complexity index is 331. The van der Waals surface area contributed by atoms with Gasteiger partial charge < -0.3 is 10.5 Å². The first-order valence-electron chi connectivity index (χ1n) is 6.37. The maximum absolute atomic E-state index is 5.90. The third-order valence-electron chi connectivity index (χ3n) is 3.43. The fourth-order valence-corrected chi connectivity index (χ4v) is 2.30. The molecule has 0 radical (unpaired) electrons. The van der Waals surface area contributed by atoms with Crippen LogP contribution in [-0.2, 0) is 11.2 Å². The molecule has 1 heterocycles. The molecule has 17 heavy (non-hydrogen) atoms. The van der Waals surface area contributed by atoms with Crippen molar-refractivity contribution < 1.29 is 4.74 Å². The number of nitrogens with two attached hydrogens (primary N) is 1. The normalized spacial score (nSPS) is 19.2. The number of ether oxygens (including phenoxy) is 1. The number of rotatable bonds is 4. The van der Waals surface area contributed by atoms with Crippen LogP contribution in [0.25, 0.3) is 0 Å². The Labute approximate surface area is 104 Å². The third kappa shape index (κ3) is 3.53. The van der Waals surface area contributed by atoms with Gasteiger partial charge in [0, 0.05) is 25.7 Å². The highest BCUT2D eigenvalue weighted by Gasteiger charge is 2.19. The van der Waals surface area contributed by atoms with E-state index in [2.05, 4.69) is 36.1 Å². The number of hydrogen-bond acceptors (Lipinski definition) is 3. The van der Waals surface area contributed by atoms with E-state index in [0.29, 0.717) is 12.6 Å². The molecule has 0 aromatic heterocycles. The Morgan fingerprint density at radius 3 is 2.47 bits per heavy atom. The molecule has 2 rings (SSSR count). The van der Waals surface area contributed by atoms with Crippen LogP contribution in [0.4, 0.5) is 0 Å². The van der Waals surface area contributed by atoms with Gasteiger partial charge in [0.25, 0.3) is 0 Å². The molecule has 1 aromatic rings. The van der Waals surface area contributed by atoms with Crippen molar-refractivity contribution in [1.82, 2.24) is 4.90 Å². The van der Waals surface area contributed by atoms with Crippen molar-refractivity contribution in [2.75, 3.05) is 32.8 Å². The molecule has 1 fully saturated rings. The Kier molecular flexibility index (Phi) is 4.54. The summed E-state index contributed by atoms with van der Waals surface area (Å²) >= 11 is 0. The van der Waals surface area contributed by atoms with Gasteiger partial charge in [-0.25, -0.2) is 0 Å². The van der Waals surface area contributed by atoms with E-state index in [1.54, 1.807) is 0 Å². The Hall–Kier alpha value is -0.900. The SMILES string of the molecule is Cc1ccc(CC(CN)N2CCOCC2)cc1. The smallest absolute Gasteiger partial charge is 0.0594 e. The molecule has 3 nitrogen and oxygen atoms in total. The molecule has 94 valence electrons. The lowest BCUT2D eigenvalue weighted by molar-refractivity contribution is 0.0184. The summed E-state index contributed by atoms with van der Waals surface area (Å²) in [5, 5.41) is 0. The first-order valence-corrected chi connectivity index (χ1v) is 6.37. The van der Waals surface area contributed by atoms with Crippen LogP contribution in [0.1, 0.15) is 11.1 Å². The fraction of sp³-hybridized carbons (Fsp3) is 0.571. The minimum Gasteiger partial charge on any atom is -0.379 e. The van der Waals surface area contributed by atoms with Gasteiger partial charge in [0.05, 0.1) is 13.2 Å². The highest BCUT2D eigenvalue weighted by molar-refractivity contribution is 5.22. The molecule has 0 amide bonds. The Balaban J connectivity index is 1.96. The molecule has 1 unspecified atom stereocenters. The maximum atomic E-state index is 5.90. The highest BCUT2D eigenvalue weighted by Crippen LogP contribution is 2.11. The van der Waals surface area contributed by atoms with Gasteiger partial charge in [-0.2, -0.15) is 0 Å². The number of benzene rings is 1. The van der Waals surface area contributed by atoms with Gasteiger partial charge in [-0.05, 0) is 18.9 Å². The molecule has 0 aliphatic carbocycles. The summed E-state index contributed by atoms with van der Waals surface area (Å²) in [6.45, 7) is 6.52. The van der Waals surface area contributed by atoms with Crippen molar-refractivity contribution in [3.8, 4) is 0 Å². The third-order valence-corrected chi connectivity index (χ3v) is 3.43. The molecule has 1 aliphatic rings. The van der Waals surface area contributed by atoms with Crippen LogP contribution < -0.4 is 5.73 Å². The minimum absolute atomic E-state index is 0.446. The molecular formula is C14H22N2O. The molecule has 1 aliphatic heterocycles. The van der Waals surface area contributed by atoms with E-state index >= 15 is 0 Å². The van der Waals surface area contributed by atoms with Crippen LogP contribution in [-0.4, -0.2) is 43.8 Å². The lowest BCUT2D eigenvalue weighted by Gasteiger charge is -2.33. The van der Waals surface area contributed by atoms with Gasteiger partial charge in [0.2, 0.25) is 0 Å². The van der Waals surface area contributed by atoms with Crippen LogP contribution >= 0.6 is 0 Å². The molecular weight excluding hydrogens is 212 g/mol.